The fraction of sp³-hybridized carbons (Fsp3) is 0. The SMILES string of the molecule is O=C1C=C(c2coc3ccncc23)C(=O)N1. The van der Waals surface area contributed by atoms with Crippen LogP contribution in [-0.2, 0) is 9.59 Å². The second-order valence-corrected chi connectivity index (χ2v) is 3.40. The molecule has 78 valence electrons. The average Bonchev–Trinajstić information content (AvgIpc) is 2.81. The van der Waals surface area contributed by atoms with Crippen molar-refractivity contribution in [2.75, 3.05) is 0 Å². The Balaban J connectivity index is 2.24. The van der Waals surface area contributed by atoms with Crippen LogP contribution in [0.2, 0.25) is 0 Å². The van der Waals surface area contributed by atoms with Crippen molar-refractivity contribution < 1.29 is 14.0 Å². The molecule has 0 aromatic carbocycles. The van der Waals surface area contributed by atoms with E-state index in [2.05, 4.69) is 10.3 Å². The first-order valence-corrected chi connectivity index (χ1v) is 4.64. The molecule has 0 radical (unpaired) electrons. The number of fused-ring (bicyclic) bond motifs is 1. The van der Waals surface area contributed by atoms with Crippen LogP contribution in [-0.4, -0.2) is 16.8 Å². The number of pyridine rings is 1. The van der Waals surface area contributed by atoms with Crippen molar-refractivity contribution in [3.8, 4) is 0 Å². The number of carbonyl (C=O) groups excluding carboxylic acids is 2. The van der Waals surface area contributed by atoms with Gasteiger partial charge in [0, 0.05) is 29.4 Å². The summed E-state index contributed by atoms with van der Waals surface area (Å²) in [4.78, 5) is 26.5. The highest BCUT2D eigenvalue weighted by molar-refractivity contribution is 6.35. The molecule has 1 aliphatic heterocycles. The van der Waals surface area contributed by atoms with Crippen molar-refractivity contribution in [3.05, 3.63) is 36.4 Å². The van der Waals surface area contributed by atoms with Crippen LogP contribution in [0.3, 0.4) is 0 Å². The fourth-order valence-corrected chi connectivity index (χ4v) is 1.69. The maximum absolute atomic E-state index is 11.5. The lowest BCUT2D eigenvalue weighted by molar-refractivity contribution is -0.123. The van der Waals surface area contributed by atoms with Crippen LogP contribution >= 0.6 is 0 Å². The van der Waals surface area contributed by atoms with Gasteiger partial charge in [-0.1, -0.05) is 0 Å². The van der Waals surface area contributed by atoms with Crippen molar-refractivity contribution >= 4 is 28.4 Å². The molecule has 1 N–H and O–H groups in total. The predicted molar refractivity (Wildman–Crippen MR) is 55.1 cm³/mol. The molecule has 0 saturated heterocycles. The van der Waals surface area contributed by atoms with Gasteiger partial charge in [-0.2, -0.15) is 0 Å². The topological polar surface area (TPSA) is 72.2 Å². The van der Waals surface area contributed by atoms with Crippen molar-refractivity contribution in [1.29, 1.82) is 0 Å². The van der Waals surface area contributed by atoms with Gasteiger partial charge in [0.05, 0.1) is 11.8 Å². The first-order chi connectivity index (χ1) is 7.75. The van der Waals surface area contributed by atoms with E-state index in [0.717, 1.165) is 5.39 Å². The Morgan fingerprint density at radius 1 is 1.31 bits per heavy atom. The fourth-order valence-electron chi connectivity index (χ4n) is 1.69. The summed E-state index contributed by atoms with van der Waals surface area (Å²) < 4.78 is 5.27. The highest BCUT2D eigenvalue weighted by Crippen LogP contribution is 2.27. The number of rotatable bonds is 1. The lowest BCUT2D eigenvalue weighted by Gasteiger charge is -1.95. The van der Waals surface area contributed by atoms with Crippen LogP contribution in [0.25, 0.3) is 16.5 Å². The van der Waals surface area contributed by atoms with E-state index in [4.69, 9.17) is 4.42 Å². The Hall–Kier alpha value is -2.43. The molecule has 0 atom stereocenters. The molecule has 0 bridgehead atoms. The Kier molecular flexibility index (Phi) is 1.67. The molecule has 0 fully saturated rings. The van der Waals surface area contributed by atoms with E-state index < -0.39 is 11.8 Å². The summed E-state index contributed by atoms with van der Waals surface area (Å²) in [7, 11) is 0. The summed E-state index contributed by atoms with van der Waals surface area (Å²) in [5.74, 6) is -0.810. The van der Waals surface area contributed by atoms with E-state index in [1.165, 1.54) is 12.3 Å². The Bertz CT molecular complexity index is 639. The maximum atomic E-state index is 11.5. The zero-order chi connectivity index (χ0) is 11.1. The van der Waals surface area contributed by atoms with Crippen molar-refractivity contribution in [3.63, 3.8) is 0 Å². The molecule has 0 saturated carbocycles. The van der Waals surface area contributed by atoms with E-state index in [9.17, 15) is 9.59 Å². The van der Waals surface area contributed by atoms with E-state index in [1.54, 1.807) is 18.5 Å². The van der Waals surface area contributed by atoms with Crippen LogP contribution in [0.4, 0.5) is 0 Å². The van der Waals surface area contributed by atoms with Crippen molar-refractivity contribution in [2.45, 2.75) is 0 Å². The zero-order valence-electron chi connectivity index (χ0n) is 8.06. The molecule has 2 aromatic rings. The number of amides is 2. The summed E-state index contributed by atoms with van der Waals surface area (Å²) >= 11 is 0. The Labute approximate surface area is 89.8 Å². The molecule has 16 heavy (non-hydrogen) atoms. The smallest absolute Gasteiger partial charge is 0.259 e. The lowest BCUT2D eigenvalue weighted by atomic mass is 10.1. The number of nitrogens with zero attached hydrogens (tertiary/aromatic N) is 1. The van der Waals surface area contributed by atoms with Gasteiger partial charge < -0.3 is 4.42 Å². The number of hydrogen-bond donors (Lipinski definition) is 1. The molecule has 3 heterocycles. The first kappa shape index (κ1) is 8.84. The van der Waals surface area contributed by atoms with Gasteiger partial charge in [0.1, 0.15) is 5.58 Å². The van der Waals surface area contributed by atoms with Crippen LogP contribution in [0.15, 0.2) is 35.2 Å². The number of imide groups is 1. The highest BCUT2D eigenvalue weighted by Gasteiger charge is 2.24. The normalized spacial score (nSPS) is 15.4. The van der Waals surface area contributed by atoms with E-state index in [0.29, 0.717) is 16.7 Å². The standard InChI is InChI=1S/C11H6N2O3/c14-10-3-6(11(15)13-10)8-5-16-9-1-2-12-4-7(8)9/h1-5H,(H,13,14,15). The highest BCUT2D eigenvalue weighted by atomic mass is 16.3. The zero-order valence-corrected chi connectivity index (χ0v) is 8.06. The van der Waals surface area contributed by atoms with Crippen LogP contribution < -0.4 is 5.32 Å². The van der Waals surface area contributed by atoms with Gasteiger partial charge >= 0.3 is 0 Å². The number of aromatic nitrogens is 1. The monoisotopic (exact) mass is 214 g/mol. The average molecular weight is 214 g/mol. The molecular weight excluding hydrogens is 208 g/mol. The summed E-state index contributed by atoms with van der Waals surface area (Å²) in [6, 6.07) is 1.70. The number of furan rings is 1. The Morgan fingerprint density at radius 2 is 2.19 bits per heavy atom. The van der Waals surface area contributed by atoms with E-state index in [-0.39, 0.29) is 0 Å². The van der Waals surface area contributed by atoms with Gasteiger partial charge in [-0.3, -0.25) is 19.9 Å². The van der Waals surface area contributed by atoms with Gasteiger partial charge in [-0.05, 0) is 6.07 Å². The molecule has 2 aromatic heterocycles. The minimum Gasteiger partial charge on any atom is -0.464 e. The molecule has 0 aliphatic carbocycles. The molecular formula is C11H6N2O3. The van der Waals surface area contributed by atoms with E-state index in [1.807, 2.05) is 0 Å². The number of carbonyl (C=O) groups is 2. The van der Waals surface area contributed by atoms with Crippen LogP contribution in [0.5, 0.6) is 0 Å². The number of nitrogens with one attached hydrogen (secondary N) is 1. The van der Waals surface area contributed by atoms with Gasteiger partial charge in [0.15, 0.2) is 0 Å². The quantitative estimate of drug-likeness (QED) is 0.715. The molecule has 3 rings (SSSR count). The predicted octanol–water partition coefficient (Wildman–Crippen LogP) is 0.868. The molecule has 5 heteroatoms. The number of hydrogen-bond acceptors (Lipinski definition) is 4. The lowest BCUT2D eigenvalue weighted by Crippen LogP contribution is -2.21. The van der Waals surface area contributed by atoms with Crippen LogP contribution in [0.1, 0.15) is 5.56 Å². The van der Waals surface area contributed by atoms with Crippen LogP contribution in [0, 0.1) is 0 Å². The summed E-state index contributed by atoms with van der Waals surface area (Å²) in [6.07, 6.45) is 5.92. The van der Waals surface area contributed by atoms with Gasteiger partial charge in [-0.25, -0.2) is 0 Å². The van der Waals surface area contributed by atoms with Gasteiger partial charge in [0.2, 0.25) is 0 Å². The maximum Gasteiger partial charge on any atom is 0.259 e. The van der Waals surface area contributed by atoms with Gasteiger partial charge in [0.25, 0.3) is 11.8 Å². The molecule has 2 amide bonds. The summed E-state index contributed by atoms with van der Waals surface area (Å²) in [6.45, 7) is 0. The largest absolute Gasteiger partial charge is 0.464 e. The third kappa shape index (κ3) is 1.15. The van der Waals surface area contributed by atoms with Crippen molar-refractivity contribution in [2.24, 2.45) is 0 Å². The second kappa shape index (κ2) is 3.03. The van der Waals surface area contributed by atoms with Crippen molar-refractivity contribution in [1.82, 2.24) is 10.3 Å². The van der Waals surface area contributed by atoms with E-state index >= 15 is 0 Å². The molecule has 1 aliphatic rings. The third-order valence-corrected chi connectivity index (χ3v) is 2.42. The minimum atomic E-state index is -0.406. The second-order valence-electron chi connectivity index (χ2n) is 3.40. The molecule has 5 nitrogen and oxygen atoms in total. The third-order valence-electron chi connectivity index (χ3n) is 2.42. The van der Waals surface area contributed by atoms with Gasteiger partial charge in [-0.15, -0.1) is 0 Å². The summed E-state index contributed by atoms with van der Waals surface area (Å²) in [5, 5.41) is 2.91. The minimum absolute atomic E-state index is 0.316. The molecule has 0 unspecified atom stereocenters. The molecule has 0 spiro atoms. The first-order valence-electron chi connectivity index (χ1n) is 4.64. The summed E-state index contributed by atoms with van der Waals surface area (Å²) in [5.41, 5.74) is 1.54. The Morgan fingerprint density at radius 3 is 2.94 bits per heavy atom.